The fraction of sp³-hybridized carbons (Fsp3) is 0.0952. The van der Waals surface area contributed by atoms with Crippen LogP contribution in [0, 0.1) is 0 Å². The summed E-state index contributed by atoms with van der Waals surface area (Å²) in [5.74, 6) is -0.118. The van der Waals surface area contributed by atoms with Gasteiger partial charge in [-0.3, -0.25) is 14.7 Å². The smallest absolute Gasteiger partial charge is 0.277 e. The molecule has 0 aliphatic carbocycles. The summed E-state index contributed by atoms with van der Waals surface area (Å²) in [5.41, 5.74) is 3.35. The van der Waals surface area contributed by atoms with Crippen LogP contribution in [0.15, 0.2) is 72.6 Å². The Morgan fingerprint density at radius 2 is 1.81 bits per heavy atom. The van der Waals surface area contributed by atoms with Crippen LogP contribution in [-0.2, 0) is 4.79 Å². The molecule has 128 valence electrons. The van der Waals surface area contributed by atoms with E-state index in [0.29, 0.717) is 10.8 Å². The van der Waals surface area contributed by atoms with Crippen molar-refractivity contribution in [3.8, 4) is 0 Å². The molecule has 1 saturated heterocycles. The van der Waals surface area contributed by atoms with Crippen molar-refractivity contribution < 1.29 is 4.79 Å². The molecule has 1 N–H and O–H groups in total. The molecular weight excluding hydrogens is 342 g/mol. The third-order valence-corrected chi connectivity index (χ3v) is 4.86. The minimum atomic E-state index is -0.135. The first-order valence-corrected chi connectivity index (χ1v) is 8.81. The van der Waals surface area contributed by atoms with Crippen molar-refractivity contribution in [3.05, 3.63) is 83.7 Å². The second-order valence-electron chi connectivity index (χ2n) is 6.17. The molecule has 0 radical (unpaired) electrons. The van der Waals surface area contributed by atoms with Crippen molar-refractivity contribution in [2.75, 3.05) is 0 Å². The number of rotatable bonds is 3. The maximum absolute atomic E-state index is 13.0. The molecule has 1 aliphatic rings. The molecule has 1 atom stereocenters. The quantitative estimate of drug-likeness (QED) is 0.566. The monoisotopic (exact) mass is 359 g/mol. The summed E-state index contributed by atoms with van der Waals surface area (Å²) in [7, 11) is 0. The van der Waals surface area contributed by atoms with Crippen LogP contribution >= 0.6 is 12.2 Å². The van der Waals surface area contributed by atoms with E-state index >= 15 is 0 Å². The number of nitrogens with zero attached hydrogens (tertiary/aromatic N) is 2. The maximum atomic E-state index is 13.0. The summed E-state index contributed by atoms with van der Waals surface area (Å²) in [4.78, 5) is 19.0. The van der Waals surface area contributed by atoms with Gasteiger partial charge in [-0.15, -0.1) is 0 Å². The number of pyridine rings is 1. The summed E-state index contributed by atoms with van der Waals surface area (Å²) in [6.07, 6.45) is 3.59. The average molecular weight is 359 g/mol. The van der Waals surface area contributed by atoms with Crippen LogP contribution < -0.4 is 5.32 Å². The Labute approximate surface area is 157 Å². The fourth-order valence-electron chi connectivity index (χ4n) is 3.18. The highest BCUT2D eigenvalue weighted by atomic mass is 32.1. The van der Waals surface area contributed by atoms with Gasteiger partial charge in [0.25, 0.3) is 5.91 Å². The lowest BCUT2D eigenvalue weighted by Crippen LogP contribution is -2.33. The molecule has 5 heteroatoms. The van der Waals surface area contributed by atoms with Gasteiger partial charge in [-0.1, -0.05) is 48.5 Å². The first-order valence-electron chi connectivity index (χ1n) is 8.40. The van der Waals surface area contributed by atoms with Gasteiger partial charge in [0.2, 0.25) is 0 Å². The lowest BCUT2D eigenvalue weighted by atomic mass is 10.1. The Kier molecular flexibility index (Phi) is 4.22. The predicted octanol–water partition coefficient (Wildman–Crippen LogP) is 4.05. The summed E-state index contributed by atoms with van der Waals surface area (Å²) >= 11 is 5.42. The number of amides is 1. The van der Waals surface area contributed by atoms with Crippen molar-refractivity contribution in [1.82, 2.24) is 15.2 Å². The molecule has 2 heterocycles. The van der Waals surface area contributed by atoms with E-state index in [2.05, 4.69) is 10.3 Å². The van der Waals surface area contributed by atoms with Crippen molar-refractivity contribution >= 4 is 40.2 Å². The first-order chi connectivity index (χ1) is 12.6. The molecule has 1 unspecified atom stereocenters. The van der Waals surface area contributed by atoms with E-state index in [1.54, 1.807) is 11.1 Å². The van der Waals surface area contributed by atoms with Crippen molar-refractivity contribution in [2.45, 2.75) is 13.0 Å². The number of carbonyl (C=O) groups is 1. The summed E-state index contributed by atoms with van der Waals surface area (Å²) < 4.78 is 0. The summed E-state index contributed by atoms with van der Waals surface area (Å²) in [5, 5.41) is 4.49. The SMILES string of the molecule is CC(c1ccccc1)N1C(=O)/C(=C/c2ccnc3ccccc23)NC1=S. The summed E-state index contributed by atoms with van der Waals surface area (Å²) in [6.45, 7) is 1.98. The zero-order chi connectivity index (χ0) is 18.1. The molecular formula is C21H17N3OS. The number of benzene rings is 2. The predicted molar refractivity (Wildman–Crippen MR) is 107 cm³/mol. The first kappa shape index (κ1) is 16.4. The average Bonchev–Trinajstić information content (AvgIpc) is 2.95. The standard InChI is InChI=1S/C21H17N3OS/c1-14(15-7-3-2-4-8-15)24-20(25)19(23-21(24)26)13-16-11-12-22-18-10-6-5-9-17(16)18/h2-14H,1H3,(H,23,26)/b19-13-. The molecule has 1 aromatic heterocycles. The van der Waals surface area contributed by atoms with Crippen LogP contribution in [0.3, 0.4) is 0 Å². The normalized spacial score (nSPS) is 17.0. The molecule has 1 aliphatic heterocycles. The van der Waals surface area contributed by atoms with Crippen LogP contribution in [0.5, 0.6) is 0 Å². The van der Waals surface area contributed by atoms with Crippen molar-refractivity contribution in [2.24, 2.45) is 0 Å². The van der Waals surface area contributed by atoms with Crippen LogP contribution in [-0.4, -0.2) is 20.9 Å². The van der Waals surface area contributed by atoms with E-state index in [0.717, 1.165) is 22.0 Å². The molecule has 4 rings (SSSR count). The lowest BCUT2D eigenvalue weighted by molar-refractivity contribution is -0.123. The largest absolute Gasteiger partial charge is 0.328 e. The van der Waals surface area contributed by atoms with Crippen LogP contribution in [0.4, 0.5) is 0 Å². The molecule has 1 fully saturated rings. The third-order valence-electron chi connectivity index (χ3n) is 4.56. The topological polar surface area (TPSA) is 45.2 Å². The molecule has 0 bridgehead atoms. The number of carbonyl (C=O) groups excluding carboxylic acids is 1. The van der Waals surface area contributed by atoms with E-state index in [1.807, 2.05) is 73.7 Å². The van der Waals surface area contributed by atoms with Gasteiger partial charge in [-0.25, -0.2) is 0 Å². The van der Waals surface area contributed by atoms with Gasteiger partial charge in [0, 0.05) is 11.6 Å². The Morgan fingerprint density at radius 1 is 1.08 bits per heavy atom. The van der Waals surface area contributed by atoms with E-state index in [4.69, 9.17) is 12.2 Å². The Bertz CT molecular complexity index is 1020. The number of hydrogen-bond donors (Lipinski definition) is 1. The minimum Gasteiger partial charge on any atom is -0.328 e. The van der Waals surface area contributed by atoms with Gasteiger partial charge in [0.1, 0.15) is 5.70 Å². The zero-order valence-corrected chi connectivity index (χ0v) is 15.0. The molecule has 4 nitrogen and oxygen atoms in total. The fourth-order valence-corrected chi connectivity index (χ4v) is 3.53. The number of thiocarbonyl (C=S) groups is 1. The van der Waals surface area contributed by atoms with Gasteiger partial charge < -0.3 is 5.32 Å². The Balaban J connectivity index is 1.70. The molecule has 1 amide bonds. The van der Waals surface area contributed by atoms with Crippen molar-refractivity contribution in [3.63, 3.8) is 0 Å². The highest BCUT2D eigenvalue weighted by Gasteiger charge is 2.34. The van der Waals surface area contributed by atoms with Gasteiger partial charge in [0.05, 0.1) is 11.6 Å². The lowest BCUT2D eigenvalue weighted by Gasteiger charge is -2.23. The molecule has 2 aromatic carbocycles. The van der Waals surface area contributed by atoms with E-state index in [-0.39, 0.29) is 11.9 Å². The van der Waals surface area contributed by atoms with Crippen molar-refractivity contribution in [1.29, 1.82) is 0 Å². The van der Waals surface area contributed by atoms with E-state index < -0.39 is 0 Å². The Hall–Kier alpha value is -3.05. The number of hydrogen-bond acceptors (Lipinski definition) is 3. The minimum absolute atomic E-state index is 0.118. The second kappa shape index (κ2) is 6.69. The Morgan fingerprint density at radius 3 is 2.62 bits per heavy atom. The van der Waals surface area contributed by atoms with E-state index in [9.17, 15) is 4.79 Å². The number of nitrogens with one attached hydrogen (secondary N) is 1. The highest BCUT2D eigenvalue weighted by molar-refractivity contribution is 7.80. The molecule has 26 heavy (non-hydrogen) atoms. The van der Waals surface area contributed by atoms with Crippen LogP contribution in [0.25, 0.3) is 17.0 Å². The molecule has 0 saturated carbocycles. The third kappa shape index (κ3) is 2.86. The molecule has 0 spiro atoms. The molecule has 3 aromatic rings. The zero-order valence-electron chi connectivity index (χ0n) is 14.2. The number of para-hydroxylation sites is 1. The maximum Gasteiger partial charge on any atom is 0.277 e. The van der Waals surface area contributed by atoms with Crippen LogP contribution in [0.2, 0.25) is 0 Å². The second-order valence-corrected chi connectivity index (χ2v) is 6.55. The van der Waals surface area contributed by atoms with Gasteiger partial charge in [-0.2, -0.15) is 0 Å². The van der Waals surface area contributed by atoms with E-state index in [1.165, 1.54) is 0 Å². The number of fused-ring (bicyclic) bond motifs is 1. The van der Waals surface area contributed by atoms with Gasteiger partial charge >= 0.3 is 0 Å². The highest BCUT2D eigenvalue weighted by Crippen LogP contribution is 2.27. The van der Waals surface area contributed by atoms with Crippen LogP contribution in [0.1, 0.15) is 24.1 Å². The summed E-state index contributed by atoms with van der Waals surface area (Å²) in [6, 6.07) is 19.5. The van der Waals surface area contributed by atoms with Gasteiger partial charge in [-0.05, 0) is 48.5 Å². The van der Waals surface area contributed by atoms with Gasteiger partial charge in [0.15, 0.2) is 5.11 Å². The number of aromatic nitrogens is 1.